The normalized spacial score (nSPS) is 14.0. The summed E-state index contributed by atoms with van der Waals surface area (Å²) in [6.07, 6.45) is 1.13. The highest BCUT2D eigenvalue weighted by Crippen LogP contribution is 2.25. The number of hydrogen-bond acceptors (Lipinski definition) is 5. The van der Waals surface area contributed by atoms with Crippen molar-refractivity contribution in [2.75, 3.05) is 37.7 Å². The molecule has 1 saturated heterocycles. The summed E-state index contributed by atoms with van der Waals surface area (Å²) in [6.45, 7) is 4.56. The summed E-state index contributed by atoms with van der Waals surface area (Å²) in [5.41, 5.74) is 5.07. The second-order valence-corrected chi connectivity index (χ2v) is 9.99. The molecule has 5 rings (SSSR count). The number of anilines is 1. The van der Waals surface area contributed by atoms with E-state index < -0.39 is 0 Å². The van der Waals surface area contributed by atoms with Crippen LogP contribution in [0.15, 0.2) is 89.2 Å². The first-order valence-corrected chi connectivity index (χ1v) is 13.8. The summed E-state index contributed by atoms with van der Waals surface area (Å²) in [6, 6.07) is 24.6. The third-order valence-electron chi connectivity index (χ3n) is 6.48. The van der Waals surface area contributed by atoms with Gasteiger partial charge in [-0.3, -0.25) is 4.79 Å². The molecule has 0 atom stereocenters. The maximum Gasteiger partial charge on any atom is 0.224 e. The van der Waals surface area contributed by atoms with Crippen molar-refractivity contribution in [3.63, 3.8) is 0 Å². The maximum absolute atomic E-state index is 13.4. The fraction of sp³-hybridized carbons (Fsp3) is 0.267. The zero-order chi connectivity index (χ0) is 26.2. The summed E-state index contributed by atoms with van der Waals surface area (Å²) >= 11 is 1.56. The van der Waals surface area contributed by atoms with Crippen LogP contribution in [0.2, 0.25) is 0 Å². The second kappa shape index (κ2) is 12.7. The summed E-state index contributed by atoms with van der Waals surface area (Å²) in [7, 11) is 0. The molecule has 0 unspecified atom stereocenters. The van der Waals surface area contributed by atoms with Crippen LogP contribution in [0.1, 0.15) is 12.0 Å². The lowest BCUT2D eigenvalue weighted by atomic mass is 10.1. The number of thiazole rings is 1. The van der Waals surface area contributed by atoms with E-state index in [0.29, 0.717) is 25.2 Å². The van der Waals surface area contributed by atoms with Gasteiger partial charge in [-0.25, -0.2) is 9.38 Å². The van der Waals surface area contributed by atoms with E-state index in [4.69, 9.17) is 9.73 Å². The number of rotatable bonds is 9. The molecule has 4 aromatic rings. The largest absolute Gasteiger partial charge is 0.378 e. The highest BCUT2D eigenvalue weighted by Gasteiger charge is 2.13. The first-order chi connectivity index (χ1) is 18.7. The number of nitrogens with one attached hydrogen (secondary N) is 1. The van der Waals surface area contributed by atoms with Gasteiger partial charge >= 0.3 is 0 Å². The maximum atomic E-state index is 13.4. The van der Waals surface area contributed by atoms with Crippen LogP contribution in [0.25, 0.3) is 11.3 Å². The van der Waals surface area contributed by atoms with Crippen LogP contribution in [0, 0.1) is 5.82 Å². The molecule has 0 aliphatic carbocycles. The van der Waals surface area contributed by atoms with E-state index >= 15 is 0 Å². The fourth-order valence-corrected chi connectivity index (χ4v) is 5.42. The van der Waals surface area contributed by atoms with E-state index in [1.165, 1.54) is 17.8 Å². The Hall–Kier alpha value is -3.75. The van der Waals surface area contributed by atoms with E-state index in [0.717, 1.165) is 54.3 Å². The number of morpholine rings is 1. The Bertz CT molecular complexity index is 1390. The highest BCUT2D eigenvalue weighted by molar-refractivity contribution is 7.07. The van der Waals surface area contributed by atoms with Crippen LogP contribution in [0.5, 0.6) is 0 Å². The Labute approximate surface area is 226 Å². The van der Waals surface area contributed by atoms with Gasteiger partial charge in [-0.2, -0.15) is 0 Å². The smallest absolute Gasteiger partial charge is 0.224 e. The van der Waals surface area contributed by atoms with E-state index in [9.17, 15) is 9.18 Å². The molecule has 196 valence electrons. The van der Waals surface area contributed by atoms with Crippen molar-refractivity contribution in [3.05, 3.63) is 100 Å². The summed E-state index contributed by atoms with van der Waals surface area (Å²) in [5.74, 6) is -0.267. The van der Waals surface area contributed by atoms with E-state index in [2.05, 4.69) is 44.4 Å². The van der Waals surface area contributed by atoms with Crippen molar-refractivity contribution in [2.24, 2.45) is 4.99 Å². The van der Waals surface area contributed by atoms with E-state index in [1.54, 1.807) is 23.5 Å². The molecule has 0 spiro atoms. The molecule has 38 heavy (non-hydrogen) atoms. The van der Waals surface area contributed by atoms with Crippen LogP contribution in [0.4, 0.5) is 15.8 Å². The minimum absolute atomic E-state index is 0.0154. The topological polar surface area (TPSA) is 58.9 Å². The number of halogens is 1. The van der Waals surface area contributed by atoms with E-state index in [1.807, 2.05) is 30.3 Å². The Balaban J connectivity index is 1.32. The highest BCUT2D eigenvalue weighted by atomic mass is 32.1. The van der Waals surface area contributed by atoms with Crippen LogP contribution in [-0.2, 0) is 22.5 Å². The molecule has 0 radical (unpaired) electrons. The average Bonchev–Trinajstić information content (AvgIpc) is 3.35. The second-order valence-electron chi connectivity index (χ2n) is 9.16. The standard InChI is InChI=1S/C30H31FN4O2S/c31-25-9-11-26(12-10-25)33-30-35(16-4-15-32-29(36)21-23-5-2-1-3-6-23)28(22-38-30)24-7-13-27(14-8-24)34-17-19-37-20-18-34/h1-3,5-14,22H,4,15-21H2,(H,32,36). The molecule has 1 fully saturated rings. The van der Waals surface area contributed by atoms with Crippen LogP contribution >= 0.6 is 11.3 Å². The number of benzene rings is 3. The number of carbonyl (C=O) groups excluding carboxylic acids is 1. The molecule has 1 N–H and O–H groups in total. The number of amides is 1. The van der Waals surface area contributed by atoms with Gasteiger partial charge in [0.25, 0.3) is 0 Å². The third-order valence-corrected chi connectivity index (χ3v) is 7.34. The summed E-state index contributed by atoms with van der Waals surface area (Å²) in [4.78, 5) is 20.3. The van der Waals surface area contributed by atoms with Gasteiger partial charge in [0.05, 0.1) is 31.0 Å². The zero-order valence-electron chi connectivity index (χ0n) is 21.2. The molecule has 0 bridgehead atoms. The quantitative estimate of drug-likeness (QED) is 0.304. The third kappa shape index (κ3) is 6.76. The molecule has 8 heteroatoms. The predicted octanol–water partition coefficient (Wildman–Crippen LogP) is 5.17. The van der Waals surface area contributed by atoms with Gasteiger partial charge in [-0.1, -0.05) is 42.5 Å². The van der Waals surface area contributed by atoms with Crippen molar-refractivity contribution in [2.45, 2.75) is 19.4 Å². The monoisotopic (exact) mass is 530 g/mol. The molecular weight excluding hydrogens is 499 g/mol. The first kappa shape index (κ1) is 25.9. The van der Waals surface area contributed by atoms with Gasteiger partial charge < -0.3 is 19.5 Å². The number of ether oxygens (including phenoxy) is 1. The van der Waals surface area contributed by atoms with Crippen LogP contribution in [0.3, 0.4) is 0 Å². The lowest BCUT2D eigenvalue weighted by molar-refractivity contribution is -0.120. The molecule has 1 aromatic heterocycles. The Morgan fingerprint density at radius 1 is 0.974 bits per heavy atom. The van der Waals surface area contributed by atoms with Crippen molar-refractivity contribution in [3.8, 4) is 11.3 Å². The molecule has 2 heterocycles. The lowest BCUT2D eigenvalue weighted by Crippen LogP contribution is -2.36. The molecule has 0 saturated carbocycles. The first-order valence-electron chi connectivity index (χ1n) is 12.9. The Morgan fingerprint density at radius 2 is 1.71 bits per heavy atom. The van der Waals surface area contributed by atoms with Gasteiger partial charge in [0, 0.05) is 37.2 Å². The number of carbonyl (C=O) groups is 1. The zero-order valence-corrected chi connectivity index (χ0v) is 22.0. The van der Waals surface area contributed by atoms with Gasteiger partial charge in [-0.05, 0) is 53.9 Å². The number of nitrogens with zero attached hydrogens (tertiary/aromatic N) is 3. The van der Waals surface area contributed by atoms with Gasteiger partial charge in [0.15, 0.2) is 4.80 Å². The molecule has 6 nitrogen and oxygen atoms in total. The van der Waals surface area contributed by atoms with Gasteiger partial charge in [0.2, 0.25) is 5.91 Å². The average molecular weight is 531 g/mol. The molecule has 1 aliphatic heterocycles. The van der Waals surface area contributed by atoms with E-state index in [-0.39, 0.29) is 11.7 Å². The Kier molecular flexibility index (Phi) is 8.63. The predicted molar refractivity (Wildman–Crippen MR) is 150 cm³/mol. The van der Waals surface area contributed by atoms with Crippen molar-refractivity contribution < 1.29 is 13.9 Å². The Morgan fingerprint density at radius 3 is 2.45 bits per heavy atom. The molecule has 1 aliphatic rings. The fourth-order valence-electron chi connectivity index (χ4n) is 4.46. The van der Waals surface area contributed by atoms with Crippen molar-refractivity contribution in [1.29, 1.82) is 0 Å². The van der Waals surface area contributed by atoms with Gasteiger partial charge in [-0.15, -0.1) is 11.3 Å². The number of aromatic nitrogens is 1. The van der Waals surface area contributed by atoms with Crippen LogP contribution < -0.4 is 15.0 Å². The lowest BCUT2D eigenvalue weighted by Gasteiger charge is -2.28. The minimum atomic E-state index is -0.282. The molecule has 3 aromatic carbocycles. The summed E-state index contributed by atoms with van der Waals surface area (Å²) < 4.78 is 21.1. The van der Waals surface area contributed by atoms with Crippen LogP contribution in [-0.4, -0.2) is 43.3 Å². The molecular formula is C30H31FN4O2S. The van der Waals surface area contributed by atoms with Crippen molar-refractivity contribution >= 4 is 28.6 Å². The SMILES string of the molecule is O=C(Cc1ccccc1)NCCCn1c(-c2ccc(N3CCOCC3)cc2)csc1=Nc1ccc(F)cc1. The summed E-state index contributed by atoms with van der Waals surface area (Å²) in [5, 5.41) is 5.15. The minimum Gasteiger partial charge on any atom is -0.378 e. The number of hydrogen-bond donors (Lipinski definition) is 1. The van der Waals surface area contributed by atoms with Gasteiger partial charge in [0.1, 0.15) is 5.82 Å². The van der Waals surface area contributed by atoms with Crippen molar-refractivity contribution in [1.82, 2.24) is 9.88 Å². The molecule has 1 amide bonds.